The Hall–Kier alpha value is -1.26. The molecule has 5 aliphatic rings. The number of methoxy groups -OCH3 is 1. The fourth-order valence-corrected chi connectivity index (χ4v) is 8.37. The molecule has 9 nitrogen and oxygen atoms in total. The lowest BCUT2D eigenvalue weighted by molar-refractivity contribution is -0.126. The van der Waals surface area contributed by atoms with Crippen LogP contribution in [0.3, 0.4) is 0 Å². The Bertz CT molecular complexity index is 906. The SMILES string of the molecule is COC1CCC2C(C1)C(C1CCC(Cl)CC1)=N[C@@H](CC(=O)NCCCCNC(=O)C1CCCCC1)C1NNC(C)N21. The van der Waals surface area contributed by atoms with Crippen LogP contribution in [0.1, 0.15) is 103 Å². The predicted octanol–water partition coefficient (Wildman–Crippen LogP) is 3.86. The summed E-state index contributed by atoms with van der Waals surface area (Å²) in [5.41, 5.74) is 8.27. The van der Waals surface area contributed by atoms with Crippen LogP contribution in [0, 0.1) is 17.8 Å². The van der Waals surface area contributed by atoms with Gasteiger partial charge in [-0.3, -0.25) is 19.5 Å². The van der Waals surface area contributed by atoms with Crippen molar-refractivity contribution >= 4 is 29.1 Å². The highest BCUT2D eigenvalue weighted by atomic mass is 35.5. The molecule has 3 aliphatic carbocycles. The molecule has 3 saturated carbocycles. The van der Waals surface area contributed by atoms with Gasteiger partial charge in [0.2, 0.25) is 11.8 Å². The Morgan fingerprint density at radius 1 is 0.976 bits per heavy atom. The fraction of sp³-hybridized carbons (Fsp3) is 0.903. The number of halogens is 1. The van der Waals surface area contributed by atoms with E-state index in [0.29, 0.717) is 37.4 Å². The summed E-state index contributed by atoms with van der Waals surface area (Å²) in [5.74, 6) is 1.24. The van der Waals surface area contributed by atoms with Crippen LogP contribution < -0.4 is 21.5 Å². The Kier molecular flexibility index (Phi) is 11.4. The maximum Gasteiger partial charge on any atom is 0.223 e. The van der Waals surface area contributed by atoms with Gasteiger partial charge in [-0.15, -0.1) is 11.6 Å². The molecule has 4 fully saturated rings. The number of aliphatic imine (C=N–C) groups is 1. The van der Waals surface area contributed by atoms with Crippen LogP contribution in [-0.2, 0) is 14.3 Å². The van der Waals surface area contributed by atoms with Gasteiger partial charge in [-0.05, 0) is 83.5 Å². The highest BCUT2D eigenvalue weighted by Crippen LogP contribution is 2.42. The first-order valence-corrected chi connectivity index (χ1v) is 17.0. The van der Waals surface area contributed by atoms with E-state index in [0.717, 1.165) is 70.6 Å². The number of hydrogen-bond donors (Lipinski definition) is 4. The van der Waals surface area contributed by atoms with Crippen LogP contribution in [0.15, 0.2) is 4.99 Å². The Balaban J connectivity index is 1.19. The molecular formula is C31H53ClN6O3. The van der Waals surface area contributed by atoms with Gasteiger partial charge in [0.1, 0.15) is 0 Å². The van der Waals surface area contributed by atoms with Gasteiger partial charge in [-0.1, -0.05) is 19.3 Å². The highest BCUT2D eigenvalue weighted by molar-refractivity contribution is 6.20. The zero-order chi connectivity index (χ0) is 28.8. The van der Waals surface area contributed by atoms with Crippen molar-refractivity contribution in [2.75, 3.05) is 20.2 Å². The van der Waals surface area contributed by atoms with E-state index in [2.05, 4.69) is 33.3 Å². The minimum Gasteiger partial charge on any atom is -0.381 e. The molecule has 1 saturated heterocycles. The summed E-state index contributed by atoms with van der Waals surface area (Å²) in [7, 11) is 1.83. The first-order valence-electron chi connectivity index (χ1n) is 16.5. The molecule has 0 aromatic carbocycles. The van der Waals surface area contributed by atoms with Crippen molar-refractivity contribution in [2.45, 2.75) is 139 Å². The highest BCUT2D eigenvalue weighted by Gasteiger charge is 2.50. The molecule has 0 radical (unpaired) electrons. The summed E-state index contributed by atoms with van der Waals surface area (Å²) in [5, 5.41) is 6.52. The standard InChI is InChI=1S/C31H53ClN6O3/c1-20-36-37-30-26(19-28(39)33-16-6-7-17-34-31(40)22-8-4-3-5-9-22)35-29(21-10-12-23(32)13-11-21)25-18-24(41-2)14-15-27(25)38(20)30/h20-27,30,36-37H,3-19H2,1-2H3,(H,33,39)(H,34,40)/t20?,21?,23?,24?,25?,26-,27?,30?/m0/s1. The number of nitrogens with zero attached hydrogens (tertiary/aromatic N) is 2. The summed E-state index contributed by atoms with van der Waals surface area (Å²) < 4.78 is 5.87. The minimum atomic E-state index is -0.155. The molecule has 2 aliphatic heterocycles. The van der Waals surface area contributed by atoms with Crippen molar-refractivity contribution in [1.82, 2.24) is 26.4 Å². The molecule has 0 aromatic heterocycles. The van der Waals surface area contributed by atoms with Gasteiger partial charge in [0.05, 0.1) is 30.9 Å². The average molecular weight is 593 g/mol. The lowest BCUT2D eigenvalue weighted by Crippen LogP contribution is -2.55. The molecule has 4 N–H and O–H groups in total. The van der Waals surface area contributed by atoms with E-state index in [1.807, 2.05) is 7.11 Å². The first-order chi connectivity index (χ1) is 19.9. The second-order valence-electron chi connectivity index (χ2n) is 13.2. The van der Waals surface area contributed by atoms with Gasteiger partial charge in [0.25, 0.3) is 0 Å². The van der Waals surface area contributed by atoms with E-state index in [1.54, 1.807) is 0 Å². The van der Waals surface area contributed by atoms with Crippen molar-refractivity contribution in [3.05, 3.63) is 0 Å². The van der Waals surface area contributed by atoms with E-state index in [-0.39, 0.29) is 47.6 Å². The van der Waals surface area contributed by atoms with Crippen molar-refractivity contribution in [2.24, 2.45) is 22.7 Å². The number of rotatable bonds is 10. The third-order valence-corrected chi connectivity index (χ3v) is 10.9. The van der Waals surface area contributed by atoms with Crippen molar-refractivity contribution < 1.29 is 14.3 Å². The fourth-order valence-electron chi connectivity index (χ4n) is 8.12. The molecule has 0 spiro atoms. The van der Waals surface area contributed by atoms with Gasteiger partial charge in [-0.25, -0.2) is 10.9 Å². The summed E-state index contributed by atoms with van der Waals surface area (Å²) >= 11 is 6.50. The predicted molar refractivity (Wildman–Crippen MR) is 163 cm³/mol. The second kappa shape index (κ2) is 15.0. The number of unbranched alkanes of at least 4 members (excludes halogenated alkanes) is 1. The number of amides is 2. The Morgan fingerprint density at radius 2 is 1.71 bits per heavy atom. The molecular weight excluding hydrogens is 540 g/mol. The van der Waals surface area contributed by atoms with Crippen LogP contribution in [-0.4, -0.2) is 78.5 Å². The van der Waals surface area contributed by atoms with E-state index in [1.165, 1.54) is 25.0 Å². The lowest BCUT2D eigenvalue weighted by Gasteiger charge is -2.44. The molecule has 0 aromatic rings. The van der Waals surface area contributed by atoms with Gasteiger partial charge in [-0.2, -0.15) is 0 Å². The largest absolute Gasteiger partial charge is 0.381 e. The van der Waals surface area contributed by atoms with E-state index in [9.17, 15) is 9.59 Å². The quantitative estimate of drug-likeness (QED) is 0.227. The molecule has 2 amide bonds. The maximum atomic E-state index is 13.2. The normalized spacial score (nSPS) is 36.5. The van der Waals surface area contributed by atoms with E-state index >= 15 is 0 Å². The van der Waals surface area contributed by atoms with Crippen molar-refractivity contribution in [3.63, 3.8) is 0 Å². The van der Waals surface area contributed by atoms with Gasteiger partial charge in [0, 0.05) is 49.2 Å². The molecule has 0 bridgehead atoms. The number of alkyl halides is 1. The molecule has 5 rings (SSSR count). The van der Waals surface area contributed by atoms with Gasteiger partial charge >= 0.3 is 0 Å². The number of hydrogen-bond acceptors (Lipinski definition) is 7. The summed E-state index contributed by atoms with van der Waals surface area (Å²) in [4.78, 5) is 33.6. The average Bonchev–Trinajstić information content (AvgIpc) is 3.32. The number of ether oxygens (including phenoxy) is 1. The molecule has 6 atom stereocenters. The number of fused-ring (bicyclic) bond motifs is 3. The zero-order valence-corrected chi connectivity index (χ0v) is 26.0. The summed E-state index contributed by atoms with van der Waals surface area (Å²) in [6.07, 6.45) is 15.5. The monoisotopic (exact) mass is 592 g/mol. The Labute approximate surface area is 251 Å². The zero-order valence-electron chi connectivity index (χ0n) is 25.2. The third-order valence-electron chi connectivity index (χ3n) is 10.4. The molecule has 41 heavy (non-hydrogen) atoms. The van der Waals surface area contributed by atoms with Gasteiger partial charge < -0.3 is 15.4 Å². The van der Waals surface area contributed by atoms with E-state index < -0.39 is 0 Å². The molecule has 232 valence electrons. The number of carbonyl (C=O) groups excluding carboxylic acids is 2. The van der Waals surface area contributed by atoms with Crippen LogP contribution in [0.4, 0.5) is 0 Å². The summed E-state index contributed by atoms with van der Waals surface area (Å²) in [6, 6.07) is 0.228. The Morgan fingerprint density at radius 3 is 2.44 bits per heavy atom. The molecule has 5 unspecified atom stereocenters. The topological polar surface area (TPSA) is 107 Å². The first kappa shape index (κ1) is 31.2. The van der Waals surface area contributed by atoms with Gasteiger partial charge in [0.15, 0.2) is 0 Å². The maximum absolute atomic E-state index is 13.2. The van der Waals surface area contributed by atoms with E-state index in [4.69, 9.17) is 21.3 Å². The van der Waals surface area contributed by atoms with Crippen LogP contribution in [0.5, 0.6) is 0 Å². The smallest absolute Gasteiger partial charge is 0.223 e. The second-order valence-corrected chi connectivity index (χ2v) is 13.8. The number of nitrogens with one attached hydrogen (secondary N) is 4. The minimum absolute atomic E-state index is 0.0146. The lowest BCUT2D eigenvalue weighted by atomic mass is 9.72. The molecule has 2 heterocycles. The molecule has 10 heteroatoms. The summed E-state index contributed by atoms with van der Waals surface area (Å²) in [6.45, 7) is 3.51. The van der Waals surface area contributed by atoms with Crippen LogP contribution in [0.25, 0.3) is 0 Å². The van der Waals surface area contributed by atoms with Crippen molar-refractivity contribution in [1.29, 1.82) is 0 Å². The van der Waals surface area contributed by atoms with Crippen LogP contribution >= 0.6 is 11.6 Å². The third kappa shape index (κ3) is 7.83. The number of carbonyl (C=O) groups is 2. The number of hydrazine groups is 1. The van der Waals surface area contributed by atoms with Crippen molar-refractivity contribution in [3.8, 4) is 0 Å². The van der Waals surface area contributed by atoms with Crippen LogP contribution in [0.2, 0.25) is 0 Å².